The van der Waals surface area contributed by atoms with Crippen molar-refractivity contribution in [3.8, 4) is 0 Å². The number of aryl methyl sites for hydroxylation is 2. The summed E-state index contributed by atoms with van der Waals surface area (Å²) in [5, 5.41) is 14.9. The van der Waals surface area contributed by atoms with E-state index in [4.69, 9.17) is 28.3 Å². The zero-order chi connectivity index (χ0) is 26.3. The molecule has 0 saturated carbocycles. The lowest BCUT2D eigenvalue weighted by Crippen LogP contribution is -2.37. The molecule has 2 N–H and O–H groups in total. The maximum atomic E-state index is 12.1. The Morgan fingerprint density at radius 3 is 1.86 bits per heavy atom. The highest BCUT2D eigenvalue weighted by molar-refractivity contribution is 7.19. The predicted molar refractivity (Wildman–Crippen MR) is 147 cm³/mol. The number of thiophene rings is 2. The van der Waals surface area contributed by atoms with Crippen molar-refractivity contribution >= 4 is 78.2 Å². The number of carbonyl (C=O) groups excluding carboxylic acids is 1. The first-order valence-electron chi connectivity index (χ1n) is 12.1. The van der Waals surface area contributed by atoms with E-state index >= 15 is 0 Å². The number of aliphatic carboxylic acids is 1. The average molecular weight is 579 g/mol. The number of halogens is 2. The number of hydrogen-bond donors (Lipinski definition) is 2. The lowest BCUT2D eigenvalue weighted by molar-refractivity contribution is -0.142. The summed E-state index contributed by atoms with van der Waals surface area (Å²) in [5.74, 6) is -0.780. The molecule has 37 heavy (non-hydrogen) atoms. The van der Waals surface area contributed by atoms with Gasteiger partial charge < -0.3 is 10.4 Å². The first kappa shape index (κ1) is 26.2. The molecule has 0 spiro atoms. The molecule has 1 amide bonds. The van der Waals surface area contributed by atoms with E-state index in [9.17, 15) is 9.59 Å². The molecule has 0 radical (unpaired) electrons. The Kier molecular flexibility index (Phi) is 7.63. The smallest absolute Gasteiger partial charge is 0.306 e. The summed E-state index contributed by atoms with van der Waals surface area (Å²) in [4.78, 5) is 43.8. The Bertz CT molecular complexity index is 1500. The van der Waals surface area contributed by atoms with Crippen LogP contribution in [0.15, 0.2) is 12.7 Å². The molecule has 4 aromatic heterocycles. The molecule has 0 aromatic carbocycles. The largest absolute Gasteiger partial charge is 0.481 e. The minimum atomic E-state index is -0.717. The van der Waals surface area contributed by atoms with Gasteiger partial charge in [-0.1, -0.05) is 23.2 Å². The van der Waals surface area contributed by atoms with Crippen molar-refractivity contribution in [3.05, 3.63) is 43.8 Å². The molecule has 2 aliphatic rings. The van der Waals surface area contributed by atoms with Crippen molar-refractivity contribution < 1.29 is 14.7 Å². The van der Waals surface area contributed by atoms with Crippen molar-refractivity contribution in [3.63, 3.8) is 0 Å². The highest BCUT2D eigenvalue weighted by atomic mass is 35.5. The van der Waals surface area contributed by atoms with Crippen LogP contribution in [0.2, 0.25) is 10.3 Å². The van der Waals surface area contributed by atoms with Crippen LogP contribution in [0.1, 0.15) is 47.6 Å². The van der Waals surface area contributed by atoms with Gasteiger partial charge in [-0.15, -0.1) is 22.7 Å². The zero-order valence-electron chi connectivity index (χ0n) is 20.3. The summed E-state index contributed by atoms with van der Waals surface area (Å²) in [7, 11) is 0. The molecule has 0 bridgehead atoms. The number of carboxylic acids is 1. The van der Waals surface area contributed by atoms with E-state index in [2.05, 4.69) is 25.3 Å². The van der Waals surface area contributed by atoms with Gasteiger partial charge in [-0.05, 0) is 63.5 Å². The van der Waals surface area contributed by atoms with Crippen LogP contribution < -0.4 is 5.32 Å². The number of hydrogen-bond acceptors (Lipinski definition) is 8. The molecule has 2 unspecified atom stereocenters. The summed E-state index contributed by atoms with van der Waals surface area (Å²) in [5.41, 5.74) is 2.39. The second-order valence-corrected chi connectivity index (χ2v) is 12.5. The predicted octanol–water partition coefficient (Wildman–Crippen LogP) is 5.51. The van der Waals surface area contributed by atoms with Gasteiger partial charge in [0.05, 0.1) is 16.7 Å². The topological polar surface area (TPSA) is 118 Å². The zero-order valence-corrected chi connectivity index (χ0v) is 23.4. The molecule has 4 heterocycles. The fourth-order valence-electron chi connectivity index (χ4n) is 4.98. The van der Waals surface area contributed by atoms with Crippen LogP contribution in [0, 0.1) is 11.8 Å². The fraction of sp³-hybridized carbons (Fsp3) is 0.440. The van der Waals surface area contributed by atoms with E-state index in [0.717, 1.165) is 56.6 Å². The summed E-state index contributed by atoms with van der Waals surface area (Å²) in [6, 6.07) is 0.187. The standard InChI is InChI=1S/C14H16ClN3OS.C11H9ClN2O2S/c1-7(2)18-13(19)8-3-4-9-10(5-8)20-14-11(9)12(15)16-6-17-14;12-9-8-6-2-1-5(11(15)16)3-7(6)17-10(8)14-4-13-9/h6-8H,3-5H2,1-2H3,(H,18,19);4-5H,1-3H2,(H,15,16). The molecule has 2 aliphatic carbocycles. The number of rotatable bonds is 3. The van der Waals surface area contributed by atoms with Crippen LogP contribution in [-0.4, -0.2) is 43.0 Å². The maximum absolute atomic E-state index is 12.1. The third kappa shape index (κ3) is 5.30. The third-order valence-corrected chi connectivity index (χ3v) is 9.65. The summed E-state index contributed by atoms with van der Waals surface area (Å²) < 4.78 is 0. The first-order chi connectivity index (χ1) is 17.7. The molecule has 0 saturated heterocycles. The number of nitrogens with zero attached hydrogens (tertiary/aromatic N) is 4. The van der Waals surface area contributed by atoms with E-state index < -0.39 is 5.97 Å². The first-order valence-corrected chi connectivity index (χ1v) is 14.5. The van der Waals surface area contributed by atoms with Gasteiger partial charge in [0.25, 0.3) is 0 Å². The van der Waals surface area contributed by atoms with Gasteiger partial charge in [-0.25, -0.2) is 19.9 Å². The van der Waals surface area contributed by atoms with E-state index in [0.29, 0.717) is 23.1 Å². The average Bonchev–Trinajstić information content (AvgIpc) is 3.42. The number of nitrogens with one attached hydrogen (secondary N) is 1. The lowest BCUT2D eigenvalue weighted by atomic mass is 9.87. The Labute approximate surface area is 231 Å². The molecule has 194 valence electrons. The van der Waals surface area contributed by atoms with E-state index in [1.165, 1.54) is 34.4 Å². The monoisotopic (exact) mass is 577 g/mol. The van der Waals surface area contributed by atoms with Gasteiger partial charge in [-0.2, -0.15) is 0 Å². The van der Waals surface area contributed by atoms with Gasteiger partial charge in [0.2, 0.25) is 5.91 Å². The SMILES string of the molecule is CC(C)NC(=O)C1CCc2c(sc3ncnc(Cl)c23)C1.O=C(O)C1CCc2c(sc3ncnc(Cl)c23)C1. The van der Waals surface area contributed by atoms with Crippen molar-refractivity contribution in [2.75, 3.05) is 0 Å². The van der Waals surface area contributed by atoms with Crippen LogP contribution in [0.5, 0.6) is 0 Å². The molecular weight excluding hydrogens is 553 g/mol. The van der Waals surface area contributed by atoms with Crippen molar-refractivity contribution in [1.29, 1.82) is 0 Å². The quantitative estimate of drug-likeness (QED) is 0.308. The van der Waals surface area contributed by atoms with E-state index in [1.807, 2.05) is 13.8 Å². The lowest BCUT2D eigenvalue weighted by Gasteiger charge is -2.22. The molecule has 12 heteroatoms. The molecule has 4 aromatic rings. The van der Waals surface area contributed by atoms with E-state index in [-0.39, 0.29) is 23.8 Å². The summed E-state index contributed by atoms with van der Waals surface area (Å²) >= 11 is 15.4. The number of carbonyl (C=O) groups is 2. The normalized spacial score (nSPS) is 18.7. The van der Waals surface area contributed by atoms with Crippen molar-refractivity contribution in [2.24, 2.45) is 11.8 Å². The minimum Gasteiger partial charge on any atom is -0.481 e. The Morgan fingerprint density at radius 2 is 1.38 bits per heavy atom. The molecule has 6 rings (SSSR count). The number of amides is 1. The van der Waals surface area contributed by atoms with Crippen molar-refractivity contribution in [2.45, 2.75) is 58.4 Å². The molecule has 0 aliphatic heterocycles. The van der Waals surface area contributed by atoms with Crippen LogP contribution in [0.3, 0.4) is 0 Å². The third-order valence-electron chi connectivity index (χ3n) is 6.75. The van der Waals surface area contributed by atoms with Crippen molar-refractivity contribution in [1.82, 2.24) is 25.3 Å². The Hall–Kier alpha value is -2.40. The molecular formula is C25H25Cl2N5O3S2. The van der Waals surface area contributed by atoms with Gasteiger partial charge in [-0.3, -0.25) is 9.59 Å². The highest BCUT2D eigenvalue weighted by Crippen LogP contribution is 2.40. The van der Waals surface area contributed by atoms with Crippen LogP contribution in [-0.2, 0) is 35.3 Å². The number of carboxylic acid groups (broad SMARTS) is 1. The molecule has 8 nitrogen and oxygen atoms in total. The van der Waals surface area contributed by atoms with Gasteiger partial charge in [0.1, 0.15) is 32.6 Å². The van der Waals surface area contributed by atoms with Gasteiger partial charge in [0.15, 0.2) is 0 Å². The van der Waals surface area contributed by atoms with Crippen LogP contribution in [0.4, 0.5) is 0 Å². The van der Waals surface area contributed by atoms with Crippen LogP contribution in [0.25, 0.3) is 20.4 Å². The summed E-state index contributed by atoms with van der Waals surface area (Å²) in [6.45, 7) is 3.97. The number of fused-ring (bicyclic) bond motifs is 6. The highest BCUT2D eigenvalue weighted by Gasteiger charge is 2.30. The summed E-state index contributed by atoms with van der Waals surface area (Å²) in [6.07, 6.45) is 7.46. The number of aromatic nitrogens is 4. The molecule has 0 fully saturated rings. The fourth-order valence-corrected chi connectivity index (χ4v) is 8.12. The van der Waals surface area contributed by atoms with Gasteiger partial charge >= 0.3 is 5.97 Å². The van der Waals surface area contributed by atoms with Crippen LogP contribution >= 0.6 is 45.9 Å². The minimum absolute atomic E-state index is 0.0599. The second kappa shape index (κ2) is 10.8. The van der Waals surface area contributed by atoms with Gasteiger partial charge in [0, 0.05) is 21.7 Å². The Morgan fingerprint density at radius 1 is 0.892 bits per heavy atom. The maximum Gasteiger partial charge on any atom is 0.306 e. The van der Waals surface area contributed by atoms with E-state index in [1.54, 1.807) is 11.3 Å². The molecule has 2 atom stereocenters. The second-order valence-electron chi connectivity index (χ2n) is 9.58. The Balaban J connectivity index is 0.000000153.